The van der Waals surface area contributed by atoms with Gasteiger partial charge in [-0.25, -0.2) is 0 Å². The first kappa shape index (κ1) is 10.4. The number of hydrogen-bond acceptors (Lipinski definition) is 3. The number of rotatable bonds is 3. The minimum absolute atomic E-state index is 0.289. The van der Waals surface area contributed by atoms with Gasteiger partial charge in [0.25, 0.3) is 10.2 Å². The summed E-state index contributed by atoms with van der Waals surface area (Å²) in [7, 11) is -0.785. The normalized spacial score (nSPS) is 24.4. The quantitative estimate of drug-likeness (QED) is 0.642. The average Bonchev–Trinajstić information content (AvgIpc) is 1.80. The second-order valence-corrected chi connectivity index (χ2v) is 5.14. The molecule has 13 heavy (non-hydrogen) atoms. The Kier molecular flexibility index (Phi) is 2.60. The van der Waals surface area contributed by atoms with Gasteiger partial charge in [0.05, 0.1) is 0 Å². The Balaban J connectivity index is 2.80. The molecule has 0 spiro atoms. The molecule has 1 atom stereocenters. The molecule has 1 saturated heterocycles. The standard InChI is InChI=1S/C6H12N2O4S/c1-7(2)13(11,12)8-4-3-5(8)6(9)10/h5H,3-4H2,1-2H3,(H,9,10). The van der Waals surface area contributed by atoms with Gasteiger partial charge in [0, 0.05) is 20.6 Å². The molecule has 0 amide bonds. The number of carboxylic acid groups (broad SMARTS) is 1. The van der Waals surface area contributed by atoms with Crippen molar-refractivity contribution < 1.29 is 18.3 Å². The molecule has 1 aliphatic heterocycles. The van der Waals surface area contributed by atoms with E-state index in [9.17, 15) is 13.2 Å². The van der Waals surface area contributed by atoms with Crippen molar-refractivity contribution in [3.05, 3.63) is 0 Å². The Morgan fingerprint density at radius 2 is 2.08 bits per heavy atom. The van der Waals surface area contributed by atoms with Gasteiger partial charge in [-0.2, -0.15) is 17.0 Å². The lowest BCUT2D eigenvalue weighted by Crippen LogP contribution is -2.57. The van der Waals surface area contributed by atoms with E-state index in [2.05, 4.69) is 0 Å². The highest BCUT2D eigenvalue weighted by atomic mass is 32.2. The fourth-order valence-electron chi connectivity index (χ4n) is 1.10. The molecule has 0 aromatic heterocycles. The van der Waals surface area contributed by atoms with E-state index in [0.29, 0.717) is 6.42 Å². The van der Waals surface area contributed by atoms with Crippen molar-refractivity contribution in [1.29, 1.82) is 0 Å². The van der Waals surface area contributed by atoms with E-state index in [1.54, 1.807) is 0 Å². The van der Waals surface area contributed by atoms with E-state index >= 15 is 0 Å². The molecule has 1 N–H and O–H groups in total. The van der Waals surface area contributed by atoms with Crippen LogP contribution in [0.25, 0.3) is 0 Å². The largest absolute Gasteiger partial charge is 0.480 e. The predicted molar refractivity (Wildman–Crippen MR) is 45.4 cm³/mol. The molecule has 1 aliphatic rings. The van der Waals surface area contributed by atoms with Gasteiger partial charge in [-0.05, 0) is 6.42 Å². The average molecular weight is 208 g/mol. The number of carbonyl (C=O) groups is 1. The van der Waals surface area contributed by atoms with E-state index in [0.717, 1.165) is 8.61 Å². The molecule has 76 valence electrons. The lowest BCUT2D eigenvalue weighted by atomic mass is 10.1. The van der Waals surface area contributed by atoms with Crippen LogP contribution in [-0.2, 0) is 15.0 Å². The fraction of sp³-hybridized carbons (Fsp3) is 0.833. The first-order chi connectivity index (χ1) is 5.87. The summed E-state index contributed by atoms with van der Waals surface area (Å²) in [6, 6.07) is -0.882. The van der Waals surface area contributed by atoms with Gasteiger partial charge in [-0.3, -0.25) is 4.79 Å². The summed E-state index contributed by atoms with van der Waals surface area (Å²) in [5.41, 5.74) is 0. The molecule has 1 rings (SSSR count). The summed E-state index contributed by atoms with van der Waals surface area (Å²) in [6.07, 6.45) is 0.391. The molecule has 1 heterocycles. The van der Waals surface area contributed by atoms with Crippen LogP contribution in [0.1, 0.15) is 6.42 Å². The lowest BCUT2D eigenvalue weighted by molar-refractivity contribution is -0.144. The maximum absolute atomic E-state index is 11.4. The zero-order valence-electron chi connectivity index (χ0n) is 7.47. The monoisotopic (exact) mass is 208 g/mol. The minimum atomic E-state index is -3.55. The van der Waals surface area contributed by atoms with E-state index < -0.39 is 22.2 Å². The van der Waals surface area contributed by atoms with E-state index in [1.807, 2.05) is 0 Å². The van der Waals surface area contributed by atoms with Crippen LogP contribution in [0.5, 0.6) is 0 Å². The third-order valence-corrected chi connectivity index (χ3v) is 3.97. The molecule has 0 radical (unpaired) electrons. The van der Waals surface area contributed by atoms with E-state index in [4.69, 9.17) is 5.11 Å². The summed E-state index contributed by atoms with van der Waals surface area (Å²) >= 11 is 0. The van der Waals surface area contributed by atoms with Crippen LogP contribution in [0.4, 0.5) is 0 Å². The van der Waals surface area contributed by atoms with Crippen molar-refractivity contribution in [2.45, 2.75) is 12.5 Å². The molecule has 1 unspecified atom stereocenters. The van der Waals surface area contributed by atoms with Gasteiger partial charge >= 0.3 is 5.97 Å². The first-order valence-electron chi connectivity index (χ1n) is 3.79. The molecule has 1 fully saturated rings. The van der Waals surface area contributed by atoms with Crippen LogP contribution >= 0.6 is 0 Å². The molecule has 0 aromatic carbocycles. The summed E-state index contributed by atoms with van der Waals surface area (Å²) in [6.45, 7) is 0.289. The smallest absolute Gasteiger partial charge is 0.322 e. The molecule has 7 heteroatoms. The Morgan fingerprint density at radius 1 is 1.54 bits per heavy atom. The van der Waals surface area contributed by atoms with Crippen LogP contribution in [0.2, 0.25) is 0 Å². The topological polar surface area (TPSA) is 77.9 Å². The Labute approximate surface area is 76.9 Å². The molecule has 0 saturated carbocycles. The fourth-order valence-corrected chi connectivity index (χ4v) is 2.37. The molecule has 0 aliphatic carbocycles. The van der Waals surface area contributed by atoms with Gasteiger partial charge in [-0.15, -0.1) is 0 Å². The summed E-state index contributed by atoms with van der Waals surface area (Å²) in [5, 5.41) is 8.62. The summed E-state index contributed by atoms with van der Waals surface area (Å²) in [5.74, 6) is -1.09. The zero-order chi connectivity index (χ0) is 10.2. The van der Waals surface area contributed by atoms with Crippen LogP contribution < -0.4 is 0 Å². The molecule has 0 bridgehead atoms. The maximum Gasteiger partial charge on any atom is 0.322 e. The van der Waals surface area contributed by atoms with Crippen LogP contribution in [0, 0.1) is 0 Å². The second kappa shape index (κ2) is 3.24. The highest BCUT2D eigenvalue weighted by molar-refractivity contribution is 7.86. The lowest BCUT2D eigenvalue weighted by Gasteiger charge is -2.37. The Bertz CT molecular complexity index is 311. The predicted octanol–water partition coefficient (Wildman–Crippen LogP) is -1.05. The number of aliphatic carboxylic acids is 1. The van der Waals surface area contributed by atoms with Crippen molar-refractivity contribution in [3.63, 3.8) is 0 Å². The second-order valence-electron chi connectivity index (χ2n) is 3.04. The molecule has 6 nitrogen and oxygen atoms in total. The zero-order valence-corrected chi connectivity index (χ0v) is 8.28. The number of carboxylic acids is 1. The van der Waals surface area contributed by atoms with Crippen molar-refractivity contribution in [1.82, 2.24) is 8.61 Å². The highest BCUT2D eigenvalue weighted by Gasteiger charge is 2.43. The van der Waals surface area contributed by atoms with Gasteiger partial charge < -0.3 is 5.11 Å². The minimum Gasteiger partial charge on any atom is -0.480 e. The Hall–Kier alpha value is -0.660. The molecular formula is C6H12N2O4S. The van der Waals surface area contributed by atoms with Crippen molar-refractivity contribution in [2.75, 3.05) is 20.6 Å². The van der Waals surface area contributed by atoms with Crippen molar-refractivity contribution in [2.24, 2.45) is 0 Å². The highest BCUT2D eigenvalue weighted by Crippen LogP contribution is 2.22. The van der Waals surface area contributed by atoms with Crippen LogP contribution in [-0.4, -0.2) is 54.8 Å². The summed E-state index contributed by atoms with van der Waals surface area (Å²) < 4.78 is 24.8. The van der Waals surface area contributed by atoms with Crippen molar-refractivity contribution in [3.8, 4) is 0 Å². The third-order valence-electron chi connectivity index (χ3n) is 2.01. The van der Waals surface area contributed by atoms with Gasteiger partial charge in [-0.1, -0.05) is 0 Å². The number of nitrogens with zero attached hydrogens (tertiary/aromatic N) is 2. The third kappa shape index (κ3) is 1.67. The van der Waals surface area contributed by atoms with Gasteiger partial charge in [0.1, 0.15) is 6.04 Å². The van der Waals surface area contributed by atoms with Crippen LogP contribution in [0.15, 0.2) is 0 Å². The SMILES string of the molecule is CN(C)S(=O)(=O)N1CCC1C(=O)O. The van der Waals surface area contributed by atoms with E-state index in [1.165, 1.54) is 14.1 Å². The van der Waals surface area contributed by atoms with Crippen LogP contribution in [0.3, 0.4) is 0 Å². The summed E-state index contributed by atoms with van der Waals surface area (Å²) in [4.78, 5) is 10.5. The number of hydrogen-bond donors (Lipinski definition) is 1. The van der Waals surface area contributed by atoms with Gasteiger partial charge in [0.2, 0.25) is 0 Å². The van der Waals surface area contributed by atoms with E-state index in [-0.39, 0.29) is 6.54 Å². The van der Waals surface area contributed by atoms with Crippen molar-refractivity contribution >= 4 is 16.2 Å². The molecular weight excluding hydrogens is 196 g/mol. The Morgan fingerprint density at radius 3 is 2.31 bits per heavy atom. The molecule has 0 aromatic rings. The first-order valence-corrected chi connectivity index (χ1v) is 5.19. The maximum atomic E-state index is 11.4. The van der Waals surface area contributed by atoms with Gasteiger partial charge in [0.15, 0.2) is 0 Å².